The lowest BCUT2D eigenvalue weighted by Gasteiger charge is -2.19. The first-order chi connectivity index (χ1) is 9.92. The summed E-state index contributed by atoms with van der Waals surface area (Å²) < 4.78 is -0.501. The van der Waals surface area contributed by atoms with E-state index in [1.807, 2.05) is 0 Å². The lowest BCUT2D eigenvalue weighted by atomic mass is 10.1. The predicted molar refractivity (Wildman–Crippen MR) is 84.5 cm³/mol. The van der Waals surface area contributed by atoms with Crippen LogP contribution in [0.3, 0.4) is 0 Å². The Hall–Kier alpha value is -1.77. The number of carbonyl (C=O) groups is 4. The number of hydrogen-bond acceptors (Lipinski definition) is 5. The Kier molecular flexibility index (Phi) is 7.93. The molecule has 0 saturated carbocycles. The number of primary amides is 1. The number of nitrogens with one attached hydrogen (secondary N) is 3. The molecule has 0 rings (SSSR count). The van der Waals surface area contributed by atoms with Gasteiger partial charge < -0.3 is 11.1 Å². The highest BCUT2D eigenvalue weighted by atomic mass is 32.1. The summed E-state index contributed by atoms with van der Waals surface area (Å²) in [7, 11) is 0. The van der Waals surface area contributed by atoms with Crippen molar-refractivity contribution in [3.63, 3.8) is 0 Å². The molecular weight excluding hydrogens is 308 g/mol. The summed E-state index contributed by atoms with van der Waals surface area (Å²) in [5.74, 6) is -2.67. The van der Waals surface area contributed by atoms with Gasteiger partial charge in [-0.2, -0.15) is 12.6 Å². The first-order valence-electron chi connectivity index (χ1n) is 6.82. The van der Waals surface area contributed by atoms with Gasteiger partial charge in [-0.1, -0.05) is 20.8 Å². The normalized spacial score (nSPS) is 13.7. The first kappa shape index (κ1) is 20.2. The van der Waals surface area contributed by atoms with Gasteiger partial charge in [0.2, 0.25) is 17.7 Å². The lowest BCUT2D eigenvalue weighted by molar-refractivity contribution is -0.133. The van der Waals surface area contributed by atoms with Crippen LogP contribution >= 0.6 is 12.6 Å². The molecule has 0 aromatic heterocycles. The minimum absolute atomic E-state index is 0.103. The van der Waals surface area contributed by atoms with Gasteiger partial charge in [-0.05, 0) is 6.92 Å². The van der Waals surface area contributed by atoms with E-state index < -0.39 is 40.3 Å². The van der Waals surface area contributed by atoms with Gasteiger partial charge in [-0.25, -0.2) is 0 Å². The fraction of sp³-hybridized carbons (Fsp3) is 0.692. The molecule has 0 radical (unpaired) electrons. The Morgan fingerprint density at radius 2 is 1.64 bits per heavy atom. The molecule has 0 aromatic rings. The third kappa shape index (κ3) is 9.22. The molecule has 0 fully saturated rings. The Balaban J connectivity index is 4.24. The Morgan fingerprint density at radius 3 is 2.09 bits per heavy atom. The fourth-order valence-corrected chi connectivity index (χ4v) is 1.64. The smallest absolute Gasteiger partial charge is 0.260 e. The van der Waals surface area contributed by atoms with Gasteiger partial charge >= 0.3 is 0 Å². The highest BCUT2D eigenvalue weighted by molar-refractivity contribution is 7.81. The van der Waals surface area contributed by atoms with E-state index in [0.29, 0.717) is 0 Å². The van der Waals surface area contributed by atoms with E-state index in [9.17, 15) is 19.2 Å². The molecule has 0 spiro atoms. The molecule has 0 saturated heterocycles. The minimum atomic E-state index is -0.868. The van der Waals surface area contributed by atoms with Gasteiger partial charge in [0.1, 0.15) is 6.04 Å². The average Bonchev–Trinajstić information content (AvgIpc) is 2.32. The van der Waals surface area contributed by atoms with Crippen LogP contribution in [0.15, 0.2) is 0 Å². The number of hydrogen-bond donors (Lipinski definition) is 5. The summed E-state index contributed by atoms with van der Waals surface area (Å²) >= 11 is 4.21. The highest BCUT2D eigenvalue weighted by Gasteiger charge is 2.22. The molecule has 0 aliphatic rings. The summed E-state index contributed by atoms with van der Waals surface area (Å²) in [6.07, 6.45) is 0.0146. The topological polar surface area (TPSA) is 130 Å². The standard InChI is InChI=1S/C13H24N4O4S/c1-7(5-9(14)18)11(20)15-8(2)12(21)17-16-10(19)6-13(3,4)22/h7-8,22H,5-6H2,1-4H3,(H2,14,18)(H,15,20)(H,16,19)(H,17,21)/t7-,8-/m0/s1. The zero-order chi connectivity index (χ0) is 17.5. The van der Waals surface area contributed by atoms with Crippen molar-refractivity contribution < 1.29 is 19.2 Å². The molecule has 0 aromatic carbocycles. The van der Waals surface area contributed by atoms with Gasteiger partial charge in [0, 0.05) is 23.5 Å². The minimum Gasteiger partial charge on any atom is -0.370 e. The maximum Gasteiger partial charge on any atom is 0.260 e. The summed E-state index contributed by atoms with van der Waals surface area (Å²) in [5.41, 5.74) is 9.45. The number of rotatable bonds is 7. The number of hydrazine groups is 1. The quantitative estimate of drug-likeness (QED) is 0.310. The van der Waals surface area contributed by atoms with Crippen molar-refractivity contribution in [3.8, 4) is 0 Å². The molecule has 8 nitrogen and oxygen atoms in total. The van der Waals surface area contributed by atoms with Crippen molar-refractivity contribution in [3.05, 3.63) is 0 Å². The van der Waals surface area contributed by atoms with E-state index in [0.717, 1.165) is 0 Å². The Bertz CT molecular complexity index is 448. The van der Waals surface area contributed by atoms with Crippen LogP contribution < -0.4 is 21.9 Å². The van der Waals surface area contributed by atoms with Crippen molar-refractivity contribution in [1.82, 2.24) is 16.2 Å². The lowest BCUT2D eigenvalue weighted by Crippen LogP contribution is -2.52. The van der Waals surface area contributed by atoms with Gasteiger partial charge in [0.25, 0.3) is 5.91 Å². The second-order valence-electron chi connectivity index (χ2n) is 5.83. The van der Waals surface area contributed by atoms with E-state index in [1.54, 1.807) is 13.8 Å². The molecule has 4 amide bonds. The largest absolute Gasteiger partial charge is 0.370 e. The molecule has 9 heteroatoms. The molecule has 0 aliphatic heterocycles. The second-order valence-corrected chi connectivity index (χ2v) is 7.04. The molecular formula is C13H24N4O4S. The van der Waals surface area contributed by atoms with E-state index in [4.69, 9.17) is 5.73 Å². The van der Waals surface area contributed by atoms with Crippen LogP contribution in [0.2, 0.25) is 0 Å². The monoisotopic (exact) mass is 332 g/mol. The molecule has 0 bridgehead atoms. The fourth-order valence-electron chi connectivity index (χ4n) is 1.49. The Labute approximate surface area is 135 Å². The number of amides is 4. The van der Waals surface area contributed by atoms with Crippen LogP contribution in [-0.2, 0) is 19.2 Å². The SMILES string of the molecule is C[C@H](NC(=O)[C@@H](C)CC(N)=O)C(=O)NNC(=O)CC(C)(C)S. The van der Waals surface area contributed by atoms with Gasteiger partial charge in [0.05, 0.1) is 0 Å². The predicted octanol–water partition coefficient (Wildman–Crippen LogP) is -0.751. The molecule has 5 N–H and O–H groups in total. The van der Waals surface area contributed by atoms with Crippen LogP contribution in [-0.4, -0.2) is 34.4 Å². The van der Waals surface area contributed by atoms with Crippen molar-refractivity contribution >= 4 is 36.3 Å². The van der Waals surface area contributed by atoms with Crippen molar-refractivity contribution in [1.29, 1.82) is 0 Å². The molecule has 2 atom stereocenters. The van der Waals surface area contributed by atoms with Crippen molar-refractivity contribution in [2.45, 2.75) is 51.3 Å². The molecule has 0 aliphatic carbocycles. The average molecular weight is 332 g/mol. The van der Waals surface area contributed by atoms with E-state index in [-0.39, 0.29) is 12.8 Å². The van der Waals surface area contributed by atoms with E-state index in [2.05, 4.69) is 28.8 Å². The number of carbonyl (C=O) groups excluding carboxylic acids is 4. The third-order valence-electron chi connectivity index (χ3n) is 2.63. The van der Waals surface area contributed by atoms with Crippen LogP contribution in [0.1, 0.15) is 40.5 Å². The van der Waals surface area contributed by atoms with Crippen LogP contribution in [0.25, 0.3) is 0 Å². The first-order valence-corrected chi connectivity index (χ1v) is 7.27. The zero-order valence-corrected chi connectivity index (χ0v) is 14.1. The van der Waals surface area contributed by atoms with Crippen molar-refractivity contribution in [2.75, 3.05) is 0 Å². The van der Waals surface area contributed by atoms with Crippen LogP contribution in [0.4, 0.5) is 0 Å². The second kappa shape index (κ2) is 8.62. The van der Waals surface area contributed by atoms with Gasteiger partial charge in [-0.3, -0.25) is 30.0 Å². The van der Waals surface area contributed by atoms with Crippen LogP contribution in [0.5, 0.6) is 0 Å². The summed E-state index contributed by atoms with van der Waals surface area (Å²) in [6.45, 7) is 6.52. The molecule has 126 valence electrons. The molecule has 0 heterocycles. The van der Waals surface area contributed by atoms with E-state index >= 15 is 0 Å². The summed E-state index contributed by atoms with van der Waals surface area (Å²) in [4.78, 5) is 45.7. The Morgan fingerprint density at radius 1 is 1.09 bits per heavy atom. The maximum absolute atomic E-state index is 11.7. The molecule has 0 unspecified atom stereocenters. The zero-order valence-electron chi connectivity index (χ0n) is 13.2. The third-order valence-corrected chi connectivity index (χ3v) is 2.78. The van der Waals surface area contributed by atoms with Crippen LogP contribution in [0, 0.1) is 5.92 Å². The molecule has 22 heavy (non-hydrogen) atoms. The summed E-state index contributed by atoms with van der Waals surface area (Å²) in [5, 5.41) is 2.43. The summed E-state index contributed by atoms with van der Waals surface area (Å²) in [6, 6.07) is -0.868. The van der Waals surface area contributed by atoms with Gasteiger partial charge in [-0.15, -0.1) is 0 Å². The highest BCUT2D eigenvalue weighted by Crippen LogP contribution is 2.15. The van der Waals surface area contributed by atoms with Crippen molar-refractivity contribution in [2.24, 2.45) is 11.7 Å². The number of thiol groups is 1. The maximum atomic E-state index is 11.7. The van der Waals surface area contributed by atoms with E-state index in [1.165, 1.54) is 13.8 Å². The number of nitrogens with two attached hydrogens (primary N) is 1. The van der Waals surface area contributed by atoms with Gasteiger partial charge in [0.15, 0.2) is 0 Å².